The summed E-state index contributed by atoms with van der Waals surface area (Å²) in [6.07, 6.45) is 0. The summed E-state index contributed by atoms with van der Waals surface area (Å²) < 4.78 is 0. The van der Waals surface area contributed by atoms with E-state index in [-0.39, 0.29) is 23.7 Å². The molecule has 0 radical (unpaired) electrons. The first-order valence-electron chi connectivity index (χ1n) is 6.09. The third kappa shape index (κ3) is 1.68. The molecule has 4 nitrogen and oxygen atoms in total. The summed E-state index contributed by atoms with van der Waals surface area (Å²) >= 11 is 0. The maximum atomic E-state index is 12.1. The molecule has 2 rings (SSSR count). The fourth-order valence-electron chi connectivity index (χ4n) is 2.25. The summed E-state index contributed by atoms with van der Waals surface area (Å²) in [5, 5.41) is 0. The maximum Gasteiger partial charge on any atom is 0.237 e. The minimum absolute atomic E-state index is 0.125. The molecule has 4 heteroatoms. The van der Waals surface area contributed by atoms with Crippen molar-refractivity contribution < 1.29 is 9.59 Å². The van der Waals surface area contributed by atoms with Gasteiger partial charge < -0.3 is 5.73 Å². The van der Waals surface area contributed by atoms with E-state index in [1.807, 2.05) is 19.9 Å². The second kappa shape index (κ2) is 4.12. The number of amides is 2. The molecule has 0 spiro atoms. The van der Waals surface area contributed by atoms with Crippen LogP contribution in [0.2, 0.25) is 0 Å². The average Bonchev–Trinajstić information content (AvgIpc) is 2.50. The predicted molar refractivity (Wildman–Crippen MR) is 71.1 cm³/mol. The predicted octanol–water partition coefficient (Wildman–Crippen LogP) is 2.03. The topological polar surface area (TPSA) is 63.4 Å². The standard InChI is InChI=1S/C14H18N2O2/c1-7-6-12(8(2)5-11(7)15)16-13(17)9(3)10(4)14(16)18/h5-6,9-10H,15H2,1-4H3. The van der Waals surface area contributed by atoms with Crippen LogP contribution in [0.25, 0.3) is 0 Å². The van der Waals surface area contributed by atoms with Gasteiger partial charge in [-0.2, -0.15) is 0 Å². The highest BCUT2D eigenvalue weighted by Crippen LogP contribution is 2.34. The molecule has 1 heterocycles. The number of carbonyl (C=O) groups is 2. The van der Waals surface area contributed by atoms with Crippen molar-refractivity contribution in [3.8, 4) is 0 Å². The van der Waals surface area contributed by atoms with Crippen LogP contribution in [0.4, 0.5) is 11.4 Å². The lowest BCUT2D eigenvalue weighted by Crippen LogP contribution is -2.31. The second-order valence-corrected chi connectivity index (χ2v) is 5.08. The number of nitrogen functional groups attached to an aromatic ring is 1. The normalized spacial score (nSPS) is 23.9. The largest absolute Gasteiger partial charge is 0.399 e. The number of aryl methyl sites for hydroxylation is 2. The molecule has 0 saturated carbocycles. The fourth-order valence-corrected chi connectivity index (χ4v) is 2.25. The van der Waals surface area contributed by atoms with Crippen molar-refractivity contribution in [2.75, 3.05) is 10.6 Å². The van der Waals surface area contributed by atoms with Gasteiger partial charge in [-0.15, -0.1) is 0 Å². The number of nitrogens with zero attached hydrogens (tertiary/aromatic N) is 1. The van der Waals surface area contributed by atoms with Gasteiger partial charge in [-0.3, -0.25) is 9.59 Å². The number of hydrogen-bond acceptors (Lipinski definition) is 3. The van der Waals surface area contributed by atoms with Gasteiger partial charge >= 0.3 is 0 Å². The lowest BCUT2D eigenvalue weighted by atomic mass is 10.00. The van der Waals surface area contributed by atoms with Crippen LogP contribution in [0.5, 0.6) is 0 Å². The zero-order chi connectivity index (χ0) is 13.6. The molecule has 2 amide bonds. The Labute approximate surface area is 107 Å². The molecule has 1 aromatic rings. The van der Waals surface area contributed by atoms with Gasteiger partial charge in [0.05, 0.1) is 5.69 Å². The molecular weight excluding hydrogens is 228 g/mol. The zero-order valence-electron chi connectivity index (χ0n) is 11.2. The Kier molecular flexibility index (Phi) is 2.89. The molecule has 1 aliphatic heterocycles. The minimum atomic E-state index is -0.255. The van der Waals surface area contributed by atoms with Crippen LogP contribution in [0.15, 0.2) is 12.1 Å². The molecule has 1 fully saturated rings. The third-order valence-corrected chi connectivity index (χ3v) is 3.80. The maximum absolute atomic E-state index is 12.1. The molecule has 0 bridgehead atoms. The Balaban J connectivity index is 2.53. The summed E-state index contributed by atoms with van der Waals surface area (Å²) in [4.78, 5) is 25.6. The van der Waals surface area contributed by atoms with E-state index in [4.69, 9.17) is 5.73 Å². The van der Waals surface area contributed by atoms with Gasteiger partial charge in [0, 0.05) is 17.5 Å². The van der Waals surface area contributed by atoms with E-state index in [1.54, 1.807) is 19.9 Å². The average molecular weight is 246 g/mol. The molecule has 2 unspecified atom stereocenters. The van der Waals surface area contributed by atoms with Crippen LogP contribution in [0.3, 0.4) is 0 Å². The van der Waals surface area contributed by atoms with Gasteiger partial charge in [-0.1, -0.05) is 13.8 Å². The molecule has 96 valence electrons. The molecule has 2 N–H and O–H groups in total. The van der Waals surface area contributed by atoms with Crippen molar-refractivity contribution in [3.63, 3.8) is 0 Å². The second-order valence-electron chi connectivity index (χ2n) is 5.08. The number of imide groups is 1. The number of rotatable bonds is 1. The molecule has 0 aromatic heterocycles. The number of benzene rings is 1. The number of nitrogens with two attached hydrogens (primary N) is 1. The van der Waals surface area contributed by atoms with Crippen molar-refractivity contribution in [2.45, 2.75) is 27.7 Å². The van der Waals surface area contributed by atoms with E-state index in [9.17, 15) is 9.59 Å². The van der Waals surface area contributed by atoms with Crippen LogP contribution in [0.1, 0.15) is 25.0 Å². The van der Waals surface area contributed by atoms with Gasteiger partial charge in [-0.05, 0) is 37.1 Å². The van der Waals surface area contributed by atoms with Crippen LogP contribution in [-0.2, 0) is 9.59 Å². The lowest BCUT2D eigenvalue weighted by Gasteiger charge is -2.18. The Morgan fingerprint density at radius 2 is 1.50 bits per heavy atom. The molecule has 0 aliphatic carbocycles. The Morgan fingerprint density at radius 1 is 1.00 bits per heavy atom. The molecule has 18 heavy (non-hydrogen) atoms. The van der Waals surface area contributed by atoms with E-state index in [2.05, 4.69) is 0 Å². The number of carbonyl (C=O) groups excluding carboxylic acids is 2. The van der Waals surface area contributed by atoms with E-state index < -0.39 is 0 Å². The van der Waals surface area contributed by atoms with E-state index in [1.165, 1.54) is 4.90 Å². The number of anilines is 2. The fraction of sp³-hybridized carbons (Fsp3) is 0.429. The number of hydrogen-bond donors (Lipinski definition) is 1. The Bertz CT molecular complexity index is 517. The molecule has 1 aliphatic rings. The minimum Gasteiger partial charge on any atom is -0.399 e. The summed E-state index contributed by atoms with van der Waals surface area (Å²) in [6.45, 7) is 7.32. The highest BCUT2D eigenvalue weighted by Gasteiger charge is 2.43. The van der Waals surface area contributed by atoms with E-state index in [0.29, 0.717) is 11.4 Å². The van der Waals surface area contributed by atoms with Crippen molar-refractivity contribution >= 4 is 23.2 Å². The van der Waals surface area contributed by atoms with Gasteiger partial charge in [0.2, 0.25) is 11.8 Å². The molecule has 1 saturated heterocycles. The van der Waals surface area contributed by atoms with Crippen molar-refractivity contribution in [3.05, 3.63) is 23.3 Å². The van der Waals surface area contributed by atoms with E-state index >= 15 is 0 Å². The monoisotopic (exact) mass is 246 g/mol. The van der Waals surface area contributed by atoms with Gasteiger partial charge in [0.1, 0.15) is 0 Å². The quantitative estimate of drug-likeness (QED) is 0.609. The molecule has 1 aromatic carbocycles. The van der Waals surface area contributed by atoms with Crippen LogP contribution >= 0.6 is 0 Å². The van der Waals surface area contributed by atoms with Gasteiger partial charge in [0.25, 0.3) is 0 Å². The zero-order valence-corrected chi connectivity index (χ0v) is 11.2. The molecule has 2 atom stereocenters. The van der Waals surface area contributed by atoms with Crippen molar-refractivity contribution in [1.82, 2.24) is 0 Å². The highest BCUT2D eigenvalue weighted by atomic mass is 16.2. The Morgan fingerprint density at radius 3 is 2.00 bits per heavy atom. The third-order valence-electron chi connectivity index (χ3n) is 3.80. The highest BCUT2D eigenvalue weighted by molar-refractivity contribution is 6.22. The summed E-state index contributed by atoms with van der Waals surface area (Å²) in [5.41, 5.74) is 8.89. The first-order chi connectivity index (χ1) is 8.34. The smallest absolute Gasteiger partial charge is 0.237 e. The van der Waals surface area contributed by atoms with Crippen LogP contribution in [-0.4, -0.2) is 11.8 Å². The van der Waals surface area contributed by atoms with Gasteiger partial charge in [0.15, 0.2) is 0 Å². The summed E-state index contributed by atoms with van der Waals surface area (Å²) in [5.74, 6) is -0.760. The lowest BCUT2D eigenvalue weighted by molar-refractivity contribution is -0.122. The van der Waals surface area contributed by atoms with Crippen molar-refractivity contribution in [1.29, 1.82) is 0 Å². The first-order valence-corrected chi connectivity index (χ1v) is 6.09. The summed E-state index contributed by atoms with van der Waals surface area (Å²) in [6, 6.07) is 3.62. The molecular formula is C14H18N2O2. The SMILES string of the molecule is Cc1cc(N2C(=O)C(C)C(C)C2=O)c(C)cc1N. The van der Waals surface area contributed by atoms with E-state index in [0.717, 1.165) is 11.1 Å². The van der Waals surface area contributed by atoms with Crippen molar-refractivity contribution in [2.24, 2.45) is 11.8 Å². The first kappa shape index (κ1) is 12.6. The van der Waals surface area contributed by atoms with Crippen LogP contribution in [0, 0.1) is 25.7 Å². The van der Waals surface area contributed by atoms with Crippen LogP contribution < -0.4 is 10.6 Å². The summed E-state index contributed by atoms with van der Waals surface area (Å²) in [7, 11) is 0. The van der Waals surface area contributed by atoms with Gasteiger partial charge in [-0.25, -0.2) is 4.90 Å². The Hall–Kier alpha value is -1.84.